The molecule has 0 bridgehead atoms. The first-order valence-electron chi connectivity index (χ1n) is 15.1. The van der Waals surface area contributed by atoms with E-state index in [-0.39, 0.29) is 22.4 Å². The zero-order valence-corrected chi connectivity index (χ0v) is 28.1. The Hall–Kier alpha value is -4.49. The van der Waals surface area contributed by atoms with Gasteiger partial charge in [-0.15, -0.1) is 0 Å². The lowest BCUT2D eigenvalue weighted by molar-refractivity contribution is 0.0627. The quantitative estimate of drug-likeness (QED) is 0.262. The summed E-state index contributed by atoms with van der Waals surface area (Å²) in [6.45, 7) is 8.45. The van der Waals surface area contributed by atoms with Gasteiger partial charge in [0.25, 0.3) is 11.8 Å². The number of benzene rings is 3. The number of anilines is 2. The van der Waals surface area contributed by atoms with E-state index in [1.54, 1.807) is 23.1 Å². The Morgan fingerprint density at radius 3 is 2.17 bits per heavy atom. The Kier molecular flexibility index (Phi) is 9.33. The zero-order valence-electron chi connectivity index (χ0n) is 27.3. The highest BCUT2D eigenvalue weighted by Crippen LogP contribution is 2.39. The molecule has 0 spiro atoms. The van der Waals surface area contributed by atoms with Crippen LogP contribution < -0.4 is 14.8 Å². The number of sulfonamides is 1. The molecule has 1 fully saturated rings. The number of nitrogens with one attached hydrogen (secondary N) is 2. The normalized spacial score (nSPS) is 14.3. The number of ether oxygens (including phenoxy) is 1. The van der Waals surface area contributed by atoms with Gasteiger partial charge in [-0.05, 0) is 46.9 Å². The molecule has 1 aliphatic rings. The van der Waals surface area contributed by atoms with E-state index in [1.807, 2.05) is 50.6 Å². The van der Waals surface area contributed by atoms with Crippen LogP contribution in [0.25, 0.3) is 10.9 Å². The molecule has 10 nitrogen and oxygen atoms in total. The minimum Gasteiger partial charge on any atom is -0.492 e. The molecule has 1 saturated heterocycles. The minimum absolute atomic E-state index is 0.0130. The predicted octanol–water partition coefficient (Wildman–Crippen LogP) is 5.34. The molecule has 4 aromatic rings. The SMILES string of the molecule is COc1c(NC(=O)c2cc3cccc(CN4CCN(C(=O)c5cc(F)cc(F)c5)CC4)c3n2C)cc(C(C)(C)C)cc1NS(C)(=O)=O. The molecule has 0 atom stereocenters. The number of aromatic nitrogens is 1. The number of carbonyl (C=O) groups excluding carboxylic acids is 2. The molecule has 0 saturated carbocycles. The molecule has 13 heteroatoms. The number of fused-ring (bicyclic) bond motifs is 1. The topological polar surface area (TPSA) is 113 Å². The second-order valence-corrected chi connectivity index (χ2v) is 14.6. The third-order valence-corrected chi connectivity index (χ3v) is 8.83. The van der Waals surface area contributed by atoms with Gasteiger partial charge in [-0.3, -0.25) is 19.2 Å². The predicted molar refractivity (Wildman–Crippen MR) is 179 cm³/mol. The van der Waals surface area contributed by atoms with Crippen molar-refractivity contribution >= 4 is 44.1 Å². The summed E-state index contributed by atoms with van der Waals surface area (Å²) in [4.78, 5) is 30.4. The van der Waals surface area contributed by atoms with Gasteiger partial charge in [0, 0.05) is 56.8 Å². The summed E-state index contributed by atoms with van der Waals surface area (Å²) >= 11 is 0. The van der Waals surface area contributed by atoms with Crippen LogP contribution in [0.15, 0.2) is 54.6 Å². The van der Waals surface area contributed by atoms with Crippen molar-refractivity contribution in [3.8, 4) is 5.75 Å². The summed E-state index contributed by atoms with van der Waals surface area (Å²) in [6, 6.07) is 14.0. The van der Waals surface area contributed by atoms with E-state index >= 15 is 0 Å². The maximum Gasteiger partial charge on any atom is 0.272 e. The molecule has 1 aromatic heterocycles. The van der Waals surface area contributed by atoms with Crippen LogP contribution in [-0.2, 0) is 29.0 Å². The summed E-state index contributed by atoms with van der Waals surface area (Å²) in [6.07, 6.45) is 1.05. The number of methoxy groups -OCH3 is 1. The van der Waals surface area contributed by atoms with Crippen molar-refractivity contribution in [2.45, 2.75) is 32.7 Å². The first-order valence-corrected chi connectivity index (χ1v) is 17.0. The highest BCUT2D eigenvalue weighted by molar-refractivity contribution is 7.92. The summed E-state index contributed by atoms with van der Waals surface area (Å²) < 4.78 is 61.5. The lowest BCUT2D eigenvalue weighted by atomic mass is 9.86. The van der Waals surface area contributed by atoms with E-state index in [2.05, 4.69) is 14.9 Å². The first-order chi connectivity index (χ1) is 22.0. The number of halogens is 2. The fourth-order valence-electron chi connectivity index (χ4n) is 5.89. The van der Waals surface area contributed by atoms with Crippen molar-refractivity contribution < 1.29 is 31.5 Å². The second-order valence-electron chi connectivity index (χ2n) is 12.9. The van der Waals surface area contributed by atoms with E-state index in [1.165, 1.54) is 7.11 Å². The van der Waals surface area contributed by atoms with Crippen LogP contribution in [0.3, 0.4) is 0 Å². The van der Waals surface area contributed by atoms with Gasteiger partial charge in [0.1, 0.15) is 17.3 Å². The van der Waals surface area contributed by atoms with Crippen molar-refractivity contribution in [3.05, 3.63) is 88.6 Å². The van der Waals surface area contributed by atoms with Crippen LogP contribution in [0.5, 0.6) is 5.75 Å². The van der Waals surface area contributed by atoms with Gasteiger partial charge in [-0.2, -0.15) is 0 Å². The third kappa shape index (κ3) is 7.57. The van der Waals surface area contributed by atoms with E-state index in [0.29, 0.717) is 44.1 Å². The Morgan fingerprint density at radius 2 is 1.57 bits per heavy atom. The molecular weight excluding hydrogens is 628 g/mol. The molecule has 1 aliphatic heterocycles. The van der Waals surface area contributed by atoms with Crippen LogP contribution in [0, 0.1) is 11.6 Å². The van der Waals surface area contributed by atoms with Gasteiger partial charge < -0.3 is 19.5 Å². The molecule has 0 aliphatic carbocycles. The lowest BCUT2D eigenvalue weighted by Crippen LogP contribution is -2.48. The Morgan fingerprint density at radius 1 is 0.936 bits per heavy atom. The molecule has 2 amide bonds. The van der Waals surface area contributed by atoms with Crippen molar-refractivity contribution in [2.24, 2.45) is 7.05 Å². The second kappa shape index (κ2) is 13.0. The van der Waals surface area contributed by atoms with Gasteiger partial charge in [0.2, 0.25) is 10.0 Å². The third-order valence-electron chi connectivity index (χ3n) is 8.24. The van der Waals surface area contributed by atoms with Crippen LogP contribution in [0.1, 0.15) is 52.7 Å². The number of para-hydroxylation sites is 1. The molecule has 2 N–H and O–H groups in total. The molecular formula is C34H39F2N5O5S. The average Bonchev–Trinajstić information content (AvgIpc) is 3.32. The Labute approximate surface area is 273 Å². The number of amides is 2. The van der Waals surface area contributed by atoms with Crippen molar-refractivity contribution in [3.63, 3.8) is 0 Å². The summed E-state index contributed by atoms with van der Waals surface area (Å²) in [5.41, 5.74) is 3.24. The van der Waals surface area contributed by atoms with Crippen molar-refractivity contribution in [2.75, 3.05) is 49.6 Å². The number of piperazine rings is 1. The first kappa shape index (κ1) is 33.9. The van der Waals surface area contributed by atoms with E-state index in [0.717, 1.165) is 46.5 Å². The largest absolute Gasteiger partial charge is 0.492 e. The molecule has 2 heterocycles. The van der Waals surface area contributed by atoms with Crippen LogP contribution in [-0.4, -0.2) is 74.1 Å². The number of hydrogen-bond donors (Lipinski definition) is 2. The van der Waals surface area contributed by atoms with Crippen LogP contribution in [0.4, 0.5) is 20.2 Å². The van der Waals surface area contributed by atoms with Crippen molar-refractivity contribution in [1.29, 1.82) is 0 Å². The average molecular weight is 668 g/mol. The molecule has 0 radical (unpaired) electrons. The summed E-state index contributed by atoms with van der Waals surface area (Å²) in [7, 11) is -0.405. The molecule has 3 aromatic carbocycles. The van der Waals surface area contributed by atoms with Gasteiger partial charge >= 0.3 is 0 Å². The minimum atomic E-state index is -3.63. The number of rotatable bonds is 8. The van der Waals surface area contributed by atoms with E-state index in [9.17, 15) is 26.8 Å². The fourth-order valence-corrected chi connectivity index (χ4v) is 6.44. The molecule has 0 unspecified atom stereocenters. The molecule has 47 heavy (non-hydrogen) atoms. The molecule has 5 rings (SSSR count). The number of carbonyl (C=O) groups is 2. The van der Waals surface area contributed by atoms with E-state index in [4.69, 9.17) is 4.74 Å². The highest BCUT2D eigenvalue weighted by Gasteiger charge is 2.26. The van der Waals surface area contributed by atoms with Gasteiger partial charge in [-0.25, -0.2) is 17.2 Å². The number of hydrogen-bond acceptors (Lipinski definition) is 6. The highest BCUT2D eigenvalue weighted by atomic mass is 32.2. The van der Waals surface area contributed by atoms with Crippen molar-refractivity contribution in [1.82, 2.24) is 14.4 Å². The number of aryl methyl sites for hydroxylation is 1. The monoisotopic (exact) mass is 667 g/mol. The maximum atomic E-state index is 13.8. The van der Waals surface area contributed by atoms with Gasteiger partial charge in [-0.1, -0.05) is 39.0 Å². The maximum absolute atomic E-state index is 13.8. The standard InChI is InChI=1S/C34H39F2N5O5S/c1-34(2,3)24-17-27(31(46-5)28(18-24)38-47(6,44)45)37-32(42)29-16-21-8-7-9-22(30(21)39(29)4)20-40-10-12-41(13-11-40)33(43)23-14-25(35)19-26(36)15-23/h7-9,14-19,38H,10-13,20H2,1-6H3,(H,37,42). The van der Waals surface area contributed by atoms with Gasteiger partial charge in [0.15, 0.2) is 5.75 Å². The fraction of sp³-hybridized carbons (Fsp3) is 0.353. The smallest absolute Gasteiger partial charge is 0.272 e. The molecule has 250 valence electrons. The lowest BCUT2D eigenvalue weighted by Gasteiger charge is -2.35. The van der Waals surface area contributed by atoms with E-state index < -0.39 is 33.5 Å². The summed E-state index contributed by atoms with van der Waals surface area (Å²) in [5, 5.41) is 3.81. The summed E-state index contributed by atoms with van der Waals surface area (Å²) in [5.74, 6) is -2.20. The van der Waals surface area contributed by atoms with Crippen LogP contribution in [0.2, 0.25) is 0 Å². The zero-order chi connectivity index (χ0) is 34.3. The van der Waals surface area contributed by atoms with Gasteiger partial charge in [0.05, 0.1) is 30.3 Å². The Balaban J connectivity index is 1.36. The number of nitrogens with zero attached hydrogens (tertiary/aromatic N) is 3. The van der Waals surface area contributed by atoms with Crippen LogP contribution >= 0.6 is 0 Å². The Bertz CT molecular complexity index is 1940.